The molecular formula is C20H24N2O2. The van der Waals surface area contributed by atoms with E-state index in [4.69, 9.17) is 4.74 Å². The molecule has 2 aromatic rings. The first kappa shape index (κ1) is 17.7. The molecule has 2 rings (SSSR count). The molecule has 1 N–H and O–H groups in total. The maximum absolute atomic E-state index is 11.7. The van der Waals surface area contributed by atoms with Crippen molar-refractivity contribution in [3.63, 3.8) is 0 Å². The minimum atomic E-state index is -0.288. The van der Waals surface area contributed by atoms with E-state index >= 15 is 0 Å². The molecule has 0 aliphatic rings. The van der Waals surface area contributed by atoms with Crippen molar-refractivity contribution in [2.45, 2.75) is 33.1 Å². The molecule has 2 aromatic carbocycles. The van der Waals surface area contributed by atoms with Crippen molar-refractivity contribution in [1.82, 2.24) is 5.43 Å². The highest BCUT2D eigenvalue weighted by Gasteiger charge is 2.04. The number of amides is 1. The van der Waals surface area contributed by atoms with Crippen LogP contribution in [-0.4, -0.2) is 18.7 Å². The van der Waals surface area contributed by atoms with Crippen molar-refractivity contribution in [1.29, 1.82) is 0 Å². The Morgan fingerprint density at radius 1 is 1.17 bits per heavy atom. The van der Waals surface area contributed by atoms with Gasteiger partial charge in [0.25, 0.3) is 5.91 Å². The molecule has 4 heteroatoms. The first-order valence-electron chi connectivity index (χ1n) is 8.20. The predicted octanol–water partition coefficient (Wildman–Crippen LogP) is 4.04. The summed E-state index contributed by atoms with van der Waals surface area (Å²) in [6.45, 7) is 6.31. The van der Waals surface area contributed by atoms with Gasteiger partial charge in [-0.25, -0.2) is 5.43 Å². The Morgan fingerprint density at radius 2 is 1.83 bits per heavy atom. The Morgan fingerprint density at radius 3 is 2.46 bits per heavy atom. The zero-order chi connectivity index (χ0) is 17.4. The molecule has 0 aliphatic carbocycles. The fraction of sp³-hybridized carbons (Fsp3) is 0.300. The van der Waals surface area contributed by atoms with Gasteiger partial charge in [-0.15, -0.1) is 0 Å². The number of carbonyl (C=O) groups is 1. The summed E-state index contributed by atoms with van der Waals surface area (Å²) < 4.78 is 5.47. The Kier molecular flexibility index (Phi) is 6.55. The molecule has 0 spiro atoms. The average molecular weight is 324 g/mol. The highest BCUT2D eigenvalue weighted by Crippen LogP contribution is 2.21. The van der Waals surface area contributed by atoms with Gasteiger partial charge in [0.2, 0.25) is 0 Å². The van der Waals surface area contributed by atoms with Gasteiger partial charge in [-0.2, -0.15) is 5.10 Å². The fourth-order valence-corrected chi connectivity index (χ4v) is 2.14. The van der Waals surface area contributed by atoms with E-state index in [1.165, 1.54) is 11.1 Å². The molecule has 1 unspecified atom stereocenters. The van der Waals surface area contributed by atoms with Crippen LogP contribution in [0, 0.1) is 6.92 Å². The summed E-state index contributed by atoms with van der Waals surface area (Å²) in [6.07, 6.45) is 2.71. The molecule has 24 heavy (non-hydrogen) atoms. The monoisotopic (exact) mass is 324 g/mol. The van der Waals surface area contributed by atoms with Crippen LogP contribution in [-0.2, 0) is 4.79 Å². The Hall–Kier alpha value is -2.62. The smallest absolute Gasteiger partial charge is 0.277 e. The van der Waals surface area contributed by atoms with Gasteiger partial charge in [0, 0.05) is 0 Å². The zero-order valence-corrected chi connectivity index (χ0v) is 14.5. The number of aryl methyl sites for hydroxylation is 1. The molecule has 4 nitrogen and oxygen atoms in total. The van der Waals surface area contributed by atoms with Crippen molar-refractivity contribution >= 4 is 12.1 Å². The number of hydrogen-bond acceptors (Lipinski definition) is 3. The summed E-state index contributed by atoms with van der Waals surface area (Å²) >= 11 is 0. The highest BCUT2D eigenvalue weighted by molar-refractivity contribution is 5.82. The van der Waals surface area contributed by atoms with Crippen molar-refractivity contribution in [3.8, 4) is 5.75 Å². The third-order valence-corrected chi connectivity index (χ3v) is 3.91. The van der Waals surface area contributed by atoms with E-state index in [1.807, 2.05) is 55.5 Å². The molecule has 0 fully saturated rings. The van der Waals surface area contributed by atoms with E-state index < -0.39 is 0 Å². The molecular weight excluding hydrogens is 300 g/mol. The van der Waals surface area contributed by atoms with Crippen LogP contribution in [0.4, 0.5) is 0 Å². The number of rotatable bonds is 7. The number of ether oxygens (including phenoxy) is 1. The fourth-order valence-electron chi connectivity index (χ4n) is 2.14. The van der Waals surface area contributed by atoms with Crippen LogP contribution in [0.25, 0.3) is 0 Å². The predicted molar refractivity (Wildman–Crippen MR) is 97.6 cm³/mol. The van der Waals surface area contributed by atoms with Crippen LogP contribution in [0.15, 0.2) is 53.6 Å². The second-order valence-electron chi connectivity index (χ2n) is 5.87. The molecule has 0 bridgehead atoms. The number of benzene rings is 2. The van der Waals surface area contributed by atoms with Crippen LogP contribution in [0.5, 0.6) is 5.75 Å². The van der Waals surface area contributed by atoms with Gasteiger partial charge in [0.1, 0.15) is 5.75 Å². The van der Waals surface area contributed by atoms with Crippen LogP contribution < -0.4 is 10.2 Å². The van der Waals surface area contributed by atoms with E-state index in [9.17, 15) is 4.79 Å². The van der Waals surface area contributed by atoms with Crippen molar-refractivity contribution < 1.29 is 9.53 Å². The Labute approximate surface area is 143 Å². The third-order valence-electron chi connectivity index (χ3n) is 3.91. The van der Waals surface area contributed by atoms with Gasteiger partial charge in [-0.05, 0) is 42.5 Å². The van der Waals surface area contributed by atoms with Crippen LogP contribution in [0.2, 0.25) is 0 Å². The number of nitrogens with one attached hydrogen (secondary N) is 1. The summed E-state index contributed by atoms with van der Waals surface area (Å²) in [4.78, 5) is 11.7. The maximum atomic E-state index is 11.7. The lowest BCUT2D eigenvalue weighted by atomic mass is 9.99. The number of hydrazone groups is 1. The molecule has 0 heterocycles. The second kappa shape index (κ2) is 8.87. The lowest BCUT2D eigenvalue weighted by Gasteiger charge is -2.10. The van der Waals surface area contributed by atoms with Crippen LogP contribution in [0.3, 0.4) is 0 Å². The van der Waals surface area contributed by atoms with Crippen molar-refractivity contribution in [2.75, 3.05) is 6.61 Å². The summed E-state index contributed by atoms with van der Waals surface area (Å²) in [5.74, 6) is 0.919. The van der Waals surface area contributed by atoms with E-state index in [0.717, 1.165) is 12.0 Å². The Bertz CT molecular complexity index is 676. The zero-order valence-electron chi connectivity index (χ0n) is 14.5. The normalized spacial score (nSPS) is 12.1. The molecule has 1 amide bonds. The van der Waals surface area contributed by atoms with E-state index in [0.29, 0.717) is 11.7 Å². The number of carbonyl (C=O) groups excluding carboxylic acids is 1. The summed E-state index contributed by atoms with van der Waals surface area (Å²) in [5, 5.41) is 3.93. The SMILES string of the molecule is CCC(C)c1ccc(OCC(=O)NN=Cc2ccc(C)cc2)cc1. The standard InChI is InChI=1S/C20H24N2O2/c1-4-16(3)18-9-11-19(12-10-18)24-14-20(23)22-21-13-17-7-5-15(2)6-8-17/h5-13,16H,4,14H2,1-3H3,(H,22,23). The molecule has 0 saturated carbocycles. The first-order valence-corrected chi connectivity index (χ1v) is 8.20. The molecule has 0 aliphatic heterocycles. The minimum absolute atomic E-state index is 0.0616. The van der Waals surface area contributed by atoms with Gasteiger partial charge in [-0.3, -0.25) is 4.79 Å². The second-order valence-corrected chi connectivity index (χ2v) is 5.87. The quantitative estimate of drug-likeness (QED) is 0.617. The molecule has 0 saturated heterocycles. The maximum Gasteiger partial charge on any atom is 0.277 e. The van der Waals surface area contributed by atoms with E-state index in [2.05, 4.69) is 24.4 Å². The van der Waals surface area contributed by atoms with Gasteiger partial charge in [-0.1, -0.05) is 55.8 Å². The Balaban J connectivity index is 1.77. The average Bonchev–Trinajstić information content (AvgIpc) is 2.61. The van der Waals surface area contributed by atoms with Gasteiger partial charge in [0.15, 0.2) is 6.61 Å². The third kappa shape index (κ3) is 5.54. The minimum Gasteiger partial charge on any atom is -0.484 e. The summed E-state index contributed by atoms with van der Waals surface area (Å²) in [6, 6.07) is 15.7. The van der Waals surface area contributed by atoms with Crippen molar-refractivity contribution in [3.05, 3.63) is 65.2 Å². The molecule has 0 aromatic heterocycles. The molecule has 0 radical (unpaired) electrons. The van der Waals surface area contributed by atoms with Gasteiger partial charge < -0.3 is 4.74 Å². The lowest BCUT2D eigenvalue weighted by molar-refractivity contribution is -0.123. The summed E-state index contributed by atoms with van der Waals surface area (Å²) in [7, 11) is 0. The van der Waals surface area contributed by atoms with Gasteiger partial charge >= 0.3 is 0 Å². The summed E-state index contributed by atoms with van der Waals surface area (Å²) in [5.41, 5.74) is 5.85. The number of hydrogen-bond donors (Lipinski definition) is 1. The lowest BCUT2D eigenvalue weighted by Crippen LogP contribution is -2.24. The van der Waals surface area contributed by atoms with Crippen LogP contribution >= 0.6 is 0 Å². The first-order chi connectivity index (χ1) is 11.6. The van der Waals surface area contributed by atoms with E-state index in [-0.39, 0.29) is 12.5 Å². The highest BCUT2D eigenvalue weighted by atomic mass is 16.5. The van der Waals surface area contributed by atoms with E-state index in [1.54, 1.807) is 6.21 Å². The largest absolute Gasteiger partial charge is 0.484 e. The van der Waals surface area contributed by atoms with Gasteiger partial charge in [0.05, 0.1) is 6.21 Å². The topological polar surface area (TPSA) is 50.7 Å². The van der Waals surface area contributed by atoms with Crippen LogP contribution in [0.1, 0.15) is 42.9 Å². The van der Waals surface area contributed by atoms with Crippen molar-refractivity contribution in [2.24, 2.45) is 5.10 Å². The molecule has 126 valence electrons. The molecule has 1 atom stereocenters. The number of nitrogens with zero attached hydrogens (tertiary/aromatic N) is 1.